The highest BCUT2D eigenvalue weighted by Crippen LogP contribution is 2.24. The van der Waals surface area contributed by atoms with Crippen molar-refractivity contribution in [3.8, 4) is 0 Å². The van der Waals surface area contributed by atoms with Gasteiger partial charge in [0.05, 0.1) is 0 Å². The van der Waals surface area contributed by atoms with Crippen LogP contribution in [0.2, 0.25) is 0 Å². The van der Waals surface area contributed by atoms with Crippen LogP contribution < -0.4 is 0 Å². The lowest BCUT2D eigenvalue weighted by Crippen LogP contribution is -1.82. The SMILES string of the molecule is CSc1cc([CH]O)cc(SC)c1. The highest BCUT2D eigenvalue weighted by Gasteiger charge is 1.98. The van der Waals surface area contributed by atoms with Gasteiger partial charge in [-0.2, -0.15) is 0 Å². The summed E-state index contributed by atoms with van der Waals surface area (Å²) in [6.45, 7) is 1.14. The molecule has 0 saturated carbocycles. The maximum absolute atomic E-state index is 8.83. The van der Waals surface area contributed by atoms with E-state index in [2.05, 4.69) is 6.07 Å². The Balaban J connectivity index is 3.01. The molecule has 12 heavy (non-hydrogen) atoms. The summed E-state index contributed by atoms with van der Waals surface area (Å²) in [6.07, 6.45) is 4.06. The van der Waals surface area contributed by atoms with Gasteiger partial charge in [0.25, 0.3) is 0 Å². The smallest absolute Gasteiger partial charge is 0.109 e. The maximum Gasteiger partial charge on any atom is 0.109 e. The molecule has 1 aromatic rings. The average Bonchev–Trinajstić information content (AvgIpc) is 2.16. The van der Waals surface area contributed by atoms with E-state index in [0.29, 0.717) is 0 Å². The standard InChI is InChI=1S/C9H11OS2/c1-11-8-3-7(6-10)4-9(5-8)12-2/h3-6,10H,1-2H3. The van der Waals surface area contributed by atoms with E-state index in [4.69, 9.17) is 5.11 Å². The van der Waals surface area contributed by atoms with Gasteiger partial charge in [-0.1, -0.05) is 0 Å². The van der Waals surface area contributed by atoms with Crippen molar-refractivity contribution in [2.75, 3.05) is 12.5 Å². The molecule has 0 spiro atoms. The van der Waals surface area contributed by atoms with Gasteiger partial charge in [-0.3, -0.25) is 0 Å². The van der Waals surface area contributed by atoms with Gasteiger partial charge < -0.3 is 5.11 Å². The molecule has 1 N–H and O–H groups in total. The van der Waals surface area contributed by atoms with Crippen LogP contribution in [-0.2, 0) is 0 Å². The molecule has 0 saturated heterocycles. The Morgan fingerprint density at radius 1 is 1.08 bits per heavy atom. The number of hydrogen-bond donors (Lipinski definition) is 1. The van der Waals surface area contributed by atoms with Gasteiger partial charge in [-0.25, -0.2) is 0 Å². The van der Waals surface area contributed by atoms with Crippen molar-refractivity contribution in [2.24, 2.45) is 0 Å². The summed E-state index contributed by atoms with van der Waals surface area (Å²) in [6, 6.07) is 6.04. The first kappa shape index (κ1) is 9.96. The second-order valence-corrected chi connectivity index (χ2v) is 4.03. The molecule has 1 radical (unpaired) electrons. The first-order valence-electron chi connectivity index (χ1n) is 3.50. The Labute approximate surface area is 81.6 Å². The van der Waals surface area contributed by atoms with Crippen molar-refractivity contribution in [3.05, 3.63) is 30.4 Å². The third-order valence-corrected chi connectivity index (χ3v) is 2.94. The topological polar surface area (TPSA) is 20.2 Å². The second-order valence-electron chi connectivity index (χ2n) is 2.28. The summed E-state index contributed by atoms with van der Waals surface area (Å²) < 4.78 is 0. The third kappa shape index (κ3) is 2.44. The van der Waals surface area contributed by atoms with Crippen molar-refractivity contribution in [1.29, 1.82) is 0 Å². The van der Waals surface area contributed by atoms with E-state index >= 15 is 0 Å². The third-order valence-electron chi connectivity index (χ3n) is 1.52. The number of aliphatic hydroxyl groups excluding tert-OH is 1. The molecule has 1 rings (SSSR count). The molecule has 3 heteroatoms. The quantitative estimate of drug-likeness (QED) is 0.756. The molecule has 0 atom stereocenters. The largest absolute Gasteiger partial charge is 0.385 e. The molecular formula is C9H11OS2. The summed E-state index contributed by atoms with van der Waals surface area (Å²) in [5.41, 5.74) is 0.867. The molecule has 0 aliphatic rings. The van der Waals surface area contributed by atoms with E-state index in [9.17, 15) is 0 Å². The predicted octanol–water partition coefficient (Wildman–Crippen LogP) is 3.01. The van der Waals surface area contributed by atoms with Crippen LogP contribution in [0.5, 0.6) is 0 Å². The highest BCUT2D eigenvalue weighted by atomic mass is 32.2. The van der Waals surface area contributed by atoms with E-state index in [0.717, 1.165) is 12.2 Å². The molecule has 0 unspecified atom stereocenters. The van der Waals surface area contributed by atoms with Crippen molar-refractivity contribution in [2.45, 2.75) is 9.79 Å². The zero-order valence-corrected chi connectivity index (χ0v) is 8.71. The van der Waals surface area contributed by atoms with Gasteiger partial charge in [-0.05, 0) is 36.3 Å². The average molecular weight is 199 g/mol. The van der Waals surface area contributed by atoms with Crippen molar-refractivity contribution >= 4 is 23.5 Å². The Hall–Kier alpha value is -0.120. The van der Waals surface area contributed by atoms with E-state index < -0.39 is 0 Å². The summed E-state index contributed by atoms with van der Waals surface area (Å²) in [5.74, 6) is 0. The van der Waals surface area contributed by atoms with Gasteiger partial charge in [0.15, 0.2) is 0 Å². The first-order chi connectivity index (χ1) is 5.80. The molecule has 0 aliphatic carbocycles. The summed E-state index contributed by atoms with van der Waals surface area (Å²) in [5, 5.41) is 8.83. The molecule has 1 aromatic carbocycles. The molecule has 0 aliphatic heterocycles. The second kappa shape index (κ2) is 4.80. The van der Waals surface area contributed by atoms with Gasteiger partial charge >= 0.3 is 0 Å². The Morgan fingerprint density at radius 3 is 1.92 bits per heavy atom. The minimum absolute atomic E-state index is 0.867. The number of rotatable bonds is 3. The zero-order valence-electron chi connectivity index (χ0n) is 7.07. The monoisotopic (exact) mass is 199 g/mol. The van der Waals surface area contributed by atoms with Crippen molar-refractivity contribution in [1.82, 2.24) is 0 Å². The molecule has 0 amide bonds. The van der Waals surface area contributed by atoms with Crippen LogP contribution in [0.1, 0.15) is 5.56 Å². The normalized spacial score (nSPS) is 10.2. The Kier molecular flexibility index (Phi) is 3.98. The van der Waals surface area contributed by atoms with Crippen LogP contribution >= 0.6 is 23.5 Å². The molecule has 1 nitrogen and oxygen atoms in total. The molecule has 0 fully saturated rings. The van der Waals surface area contributed by atoms with E-state index in [-0.39, 0.29) is 0 Å². The van der Waals surface area contributed by atoms with Crippen molar-refractivity contribution < 1.29 is 5.11 Å². The van der Waals surface area contributed by atoms with Crippen LogP contribution in [0.25, 0.3) is 0 Å². The fourth-order valence-electron chi connectivity index (χ4n) is 0.904. The lowest BCUT2D eigenvalue weighted by Gasteiger charge is -2.03. The molecular weight excluding hydrogens is 188 g/mol. The molecule has 0 heterocycles. The molecule has 65 valence electrons. The minimum Gasteiger partial charge on any atom is -0.385 e. The number of aliphatic hydroxyl groups is 1. The van der Waals surface area contributed by atoms with Crippen LogP contribution in [0.3, 0.4) is 0 Å². The van der Waals surface area contributed by atoms with Gasteiger partial charge in [0.1, 0.15) is 6.61 Å². The number of benzene rings is 1. The summed E-state index contributed by atoms with van der Waals surface area (Å²) in [4.78, 5) is 2.37. The van der Waals surface area contributed by atoms with E-state index in [1.165, 1.54) is 9.79 Å². The lowest BCUT2D eigenvalue weighted by molar-refractivity contribution is 0.414. The van der Waals surface area contributed by atoms with Gasteiger partial charge in [0, 0.05) is 9.79 Å². The molecule has 0 aromatic heterocycles. The summed E-state index contributed by atoms with van der Waals surface area (Å²) >= 11 is 3.37. The van der Waals surface area contributed by atoms with E-state index in [1.54, 1.807) is 23.5 Å². The predicted molar refractivity (Wildman–Crippen MR) is 55.3 cm³/mol. The summed E-state index contributed by atoms with van der Waals surface area (Å²) in [7, 11) is 0. The van der Waals surface area contributed by atoms with Crippen molar-refractivity contribution in [3.63, 3.8) is 0 Å². The lowest BCUT2D eigenvalue weighted by atomic mass is 10.2. The minimum atomic E-state index is 0.867. The van der Waals surface area contributed by atoms with Crippen LogP contribution in [-0.4, -0.2) is 17.6 Å². The maximum atomic E-state index is 8.83. The number of thioether (sulfide) groups is 2. The Bertz CT molecular complexity index is 205. The van der Waals surface area contributed by atoms with Crippen LogP contribution in [0.4, 0.5) is 0 Å². The highest BCUT2D eigenvalue weighted by molar-refractivity contribution is 7.99. The van der Waals surface area contributed by atoms with Gasteiger partial charge in [0.2, 0.25) is 0 Å². The Morgan fingerprint density at radius 2 is 1.58 bits per heavy atom. The fraction of sp³-hybridized carbons (Fsp3) is 0.222. The van der Waals surface area contributed by atoms with Crippen LogP contribution in [0.15, 0.2) is 28.0 Å². The number of hydrogen-bond acceptors (Lipinski definition) is 3. The fourth-order valence-corrected chi connectivity index (χ4v) is 1.98. The van der Waals surface area contributed by atoms with Gasteiger partial charge in [-0.15, -0.1) is 23.5 Å². The van der Waals surface area contributed by atoms with E-state index in [1.807, 2.05) is 24.6 Å². The first-order valence-corrected chi connectivity index (χ1v) is 5.95. The zero-order chi connectivity index (χ0) is 8.97. The van der Waals surface area contributed by atoms with Crippen LogP contribution in [0, 0.1) is 6.61 Å². The molecule has 0 bridgehead atoms.